The SMILES string of the molecule is Cc1cccc(C(=O)N2CCCN(C(=O)c3nccn3C)CC2)c1F. The third kappa shape index (κ3) is 3.40. The number of amides is 2. The van der Waals surface area contributed by atoms with E-state index >= 15 is 0 Å². The van der Waals surface area contributed by atoms with Crippen LogP contribution in [0.25, 0.3) is 0 Å². The molecule has 1 fully saturated rings. The molecule has 1 aromatic carbocycles. The van der Waals surface area contributed by atoms with Crippen molar-refractivity contribution in [2.75, 3.05) is 26.2 Å². The molecular weight excluding hydrogens is 323 g/mol. The molecule has 1 saturated heterocycles. The summed E-state index contributed by atoms with van der Waals surface area (Å²) in [6.45, 7) is 3.47. The molecule has 1 aliphatic rings. The summed E-state index contributed by atoms with van der Waals surface area (Å²) in [4.78, 5) is 32.6. The third-order valence-corrected chi connectivity index (χ3v) is 4.51. The summed E-state index contributed by atoms with van der Waals surface area (Å²) in [7, 11) is 1.77. The predicted octanol–water partition coefficient (Wildman–Crippen LogP) is 1.86. The summed E-state index contributed by atoms with van der Waals surface area (Å²) < 4.78 is 15.9. The van der Waals surface area contributed by atoms with Crippen molar-refractivity contribution in [3.63, 3.8) is 0 Å². The lowest BCUT2D eigenvalue weighted by Gasteiger charge is -2.22. The maximum absolute atomic E-state index is 14.2. The van der Waals surface area contributed by atoms with Gasteiger partial charge in [-0.25, -0.2) is 9.37 Å². The van der Waals surface area contributed by atoms with Gasteiger partial charge in [-0.1, -0.05) is 12.1 Å². The van der Waals surface area contributed by atoms with Crippen LogP contribution in [0.2, 0.25) is 0 Å². The Morgan fingerprint density at radius 3 is 2.40 bits per heavy atom. The van der Waals surface area contributed by atoms with Crippen molar-refractivity contribution in [1.82, 2.24) is 19.4 Å². The van der Waals surface area contributed by atoms with Gasteiger partial charge >= 0.3 is 0 Å². The van der Waals surface area contributed by atoms with Crippen LogP contribution in [-0.4, -0.2) is 57.3 Å². The Bertz CT molecular complexity index is 802. The van der Waals surface area contributed by atoms with Gasteiger partial charge in [-0.15, -0.1) is 0 Å². The van der Waals surface area contributed by atoms with Crippen molar-refractivity contribution in [2.45, 2.75) is 13.3 Å². The first kappa shape index (κ1) is 17.1. The maximum Gasteiger partial charge on any atom is 0.289 e. The van der Waals surface area contributed by atoms with Crippen LogP contribution < -0.4 is 0 Å². The normalized spacial score (nSPS) is 15.2. The fourth-order valence-corrected chi connectivity index (χ4v) is 3.02. The summed E-state index contributed by atoms with van der Waals surface area (Å²) in [5, 5.41) is 0. The zero-order valence-electron chi connectivity index (χ0n) is 14.4. The van der Waals surface area contributed by atoms with Gasteiger partial charge in [-0.3, -0.25) is 9.59 Å². The average molecular weight is 344 g/mol. The summed E-state index contributed by atoms with van der Waals surface area (Å²) >= 11 is 0. The van der Waals surface area contributed by atoms with Crippen molar-refractivity contribution < 1.29 is 14.0 Å². The molecule has 0 aliphatic carbocycles. The lowest BCUT2D eigenvalue weighted by Crippen LogP contribution is -2.38. The van der Waals surface area contributed by atoms with Crippen molar-refractivity contribution in [1.29, 1.82) is 0 Å². The van der Waals surface area contributed by atoms with Crippen LogP contribution in [0, 0.1) is 12.7 Å². The highest BCUT2D eigenvalue weighted by Gasteiger charge is 2.26. The van der Waals surface area contributed by atoms with Gasteiger partial charge in [-0.05, 0) is 25.0 Å². The Labute approximate surface area is 145 Å². The molecule has 0 atom stereocenters. The molecule has 0 bridgehead atoms. The van der Waals surface area contributed by atoms with E-state index in [1.54, 1.807) is 52.9 Å². The molecule has 0 spiro atoms. The minimum absolute atomic E-state index is 0.0869. The zero-order chi connectivity index (χ0) is 18.0. The second-order valence-electron chi connectivity index (χ2n) is 6.24. The van der Waals surface area contributed by atoms with Crippen molar-refractivity contribution >= 4 is 11.8 Å². The van der Waals surface area contributed by atoms with Crippen LogP contribution in [0.5, 0.6) is 0 Å². The number of aromatic nitrogens is 2. The standard InChI is InChI=1S/C18H21FN4O2/c1-13-5-3-6-14(15(13)19)17(24)22-8-4-9-23(12-11-22)18(25)16-20-7-10-21(16)2/h3,5-7,10H,4,8-9,11-12H2,1-2H3. The highest BCUT2D eigenvalue weighted by molar-refractivity contribution is 5.95. The number of nitrogens with zero attached hydrogens (tertiary/aromatic N) is 4. The highest BCUT2D eigenvalue weighted by atomic mass is 19.1. The quantitative estimate of drug-likeness (QED) is 0.835. The largest absolute Gasteiger partial charge is 0.337 e. The van der Waals surface area contributed by atoms with Crippen molar-refractivity contribution in [2.24, 2.45) is 7.05 Å². The van der Waals surface area contributed by atoms with E-state index in [4.69, 9.17) is 0 Å². The number of halogens is 1. The van der Waals surface area contributed by atoms with E-state index in [9.17, 15) is 14.0 Å². The van der Waals surface area contributed by atoms with Crippen LogP contribution in [0.15, 0.2) is 30.6 Å². The first-order chi connectivity index (χ1) is 12.0. The van der Waals surface area contributed by atoms with Gasteiger partial charge in [0.15, 0.2) is 5.82 Å². The summed E-state index contributed by atoms with van der Waals surface area (Å²) in [5.74, 6) is -0.571. The molecule has 0 N–H and O–H groups in total. The topological polar surface area (TPSA) is 58.4 Å². The molecule has 25 heavy (non-hydrogen) atoms. The molecule has 2 amide bonds. The van der Waals surface area contributed by atoms with E-state index < -0.39 is 5.82 Å². The number of hydrogen-bond acceptors (Lipinski definition) is 3. The van der Waals surface area contributed by atoms with Crippen molar-refractivity contribution in [3.05, 3.63) is 53.4 Å². The number of aryl methyl sites for hydroxylation is 2. The number of carbonyl (C=O) groups is 2. The lowest BCUT2D eigenvalue weighted by molar-refractivity contribution is 0.0707. The number of benzene rings is 1. The molecule has 0 unspecified atom stereocenters. The molecule has 0 radical (unpaired) electrons. The van der Waals surface area contributed by atoms with Gasteiger partial charge in [0, 0.05) is 45.6 Å². The minimum Gasteiger partial charge on any atom is -0.337 e. The van der Waals surface area contributed by atoms with Gasteiger partial charge in [0.1, 0.15) is 5.82 Å². The number of hydrogen-bond donors (Lipinski definition) is 0. The summed E-state index contributed by atoms with van der Waals surface area (Å²) in [5.41, 5.74) is 0.538. The van der Waals surface area contributed by atoms with Crippen LogP contribution in [0.1, 0.15) is 33.0 Å². The molecule has 2 heterocycles. The Hall–Kier alpha value is -2.70. The van der Waals surface area contributed by atoms with Gasteiger partial charge < -0.3 is 14.4 Å². The fraction of sp³-hybridized carbons (Fsp3) is 0.389. The molecule has 6 nitrogen and oxygen atoms in total. The second kappa shape index (κ2) is 7.04. The van der Waals surface area contributed by atoms with Gasteiger partial charge in [0.2, 0.25) is 0 Å². The molecule has 7 heteroatoms. The molecular formula is C18H21FN4O2. The van der Waals surface area contributed by atoms with Crippen LogP contribution in [-0.2, 0) is 7.05 Å². The van der Waals surface area contributed by atoms with Crippen molar-refractivity contribution in [3.8, 4) is 0 Å². The van der Waals surface area contributed by atoms with E-state index in [-0.39, 0.29) is 17.4 Å². The molecule has 2 aromatic rings. The van der Waals surface area contributed by atoms with Gasteiger partial charge in [0.25, 0.3) is 11.8 Å². The molecule has 3 rings (SSSR count). The van der Waals surface area contributed by atoms with Gasteiger partial charge in [-0.2, -0.15) is 0 Å². The summed E-state index contributed by atoms with van der Waals surface area (Å²) in [6.07, 6.45) is 3.96. The fourth-order valence-electron chi connectivity index (χ4n) is 3.02. The third-order valence-electron chi connectivity index (χ3n) is 4.51. The molecule has 1 aromatic heterocycles. The molecule has 132 valence electrons. The molecule has 1 aliphatic heterocycles. The monoisotopic (exact) mass is 344 g/mol. The number of imidazole rings is 1. The molecule has 0 saturated carbocycles. The lowest BCUT2D eigenvalue weighted by atomic mass is 10.1. The zero-order valence-corrected chi connectivity index (χ0v) is 14.4. The average Bonchev–Trinajstić information content (AvgIpc) is 2.88. The van der Waals surface area contributed by atoms with E-state index in [0.29, 0.717) is 44.0 Å². The Balaban J connectivity index is 1.71. The number of carbonyl (C=O) groups excluding carboxylic acids is 2. The van der Waals surface area contributed by atoms with E-state index in [0.717, 1.165) is 0 Å². The second-order valence-corrected chi connectivity index (χ2v) is 6.24. The predicted molar refractivity (Wildman–Crippen MR) is 90.8 cm³/mol. The summed E-state index contributed by atoms with van der Waals surface area (Å²) in [6, 6.07) is 4.83. The Morgan fingerprint density at radius 2 is 1.76 bits per heavy atom. The van der Waals surface area contributed by atoms with Crippen LogP contribution in [0.4, 0.5) is 4.39 Å². The number of rotatable bonds is 2. The Kier molecular flexibility index (Phi) is 4.83. The first-order valence-electron chi connectivity index (χ1n) is 8.30. The van der Waals surface area contributed by atoms with Gasteiger partial charge in [0.05, 0.1) is 5.56 Å². The van der Waals surface area contributed by atoms with Crippen LogP contribution in [0.3, 0.4) is 0 Å². The minimum atomic E-state index is -0.474. The Morgan fingerprint density at radius 1 is 1.08 bits per heavy atom. The van der Waals surface area contributed by atoms with Crippen LogP contribution >= 0.6 is 0 Å². The van der Waals surface area contributed by atoms with E-state index in [1.165, 1.54) is 6.07 Å². The smallest absolute Gasteiger partial charge is 0.289 e. The highest BCUT2D eigenvalue weighted by Crippen LogP contribution is 2.16. The first-order valence-corrected chi connectivity index (χ1v) is 8.30. The van der Waals surface area contributed by atoms with E-state index in [2.05, 4.69) is 4.98 Å². The van der Waals surface area contributed by atoms with E-state index in [1.807, 2.05) is 0 Å². The maximum atomic E-state index is 14.2.